The van der Waals surface area contributed by atoms with Gasteiger partial charge in [-0.05, 0) is 32.4 Å². The predicted molar refractivity (Wildman–Crippen MR) is 81.9 cm³/mol. The molecular formula is C16H26N2O2. The molecule has 0 aliphatic carbocycles. The summed E-state index contributed by atoms with van der Waals surface area (Å²) in [6.45, 7) is 7.86. The van der Waals surface area contributed by atoms with Gasteiger partial charge in [0.2, 0.25) is 0 Å². The summed E-state index contributed by atoms with van der Waals surface area (Å²) in [6.07, 6.45) is 2.08. The van der Waals surface area contributed by atoms with E-state index in [4.69, 9.17) is 4.74 Å². The van der Waals surface area contributed by atoms with E-state index >= 15 is 0 Å². The minimum Gasteiger partial charge on any atom is -0.483 e. The van der Waals surface area contributed by atoms with Crippen molar-refractivity contribution in [3.8, 4) is 5.75 Å². The Labute approximate surface area is 121 Å². The fraction of sp³-hybridized carbons (Fsp3) is 0.562. The molecule has 0 spiro atoms. The molecule has 112 valence electrons. The maximum absolute atomic E-state index is 11.5. The summed E-state index contributed by atoms with van der Waals surface area (Å²) in [5.74, 6) is 0.700. The molecule has 0 bridgehead atoms. The molecule has 0 aromatic heterocycles. The third kappa shape index (κ3) is 5.21. The van der Waals surface area contributed by atoms with Gasteiger partial charge in [-0.3, -0.25) is 4.79 Å². The molecule has 1 aromatic carbocycles. The van der Waals surface area contributed by atoms with Crippen LogP contribution in [0.15, 0.2) is 24.3 Å². The lowest BCUT2D eigenvalue weighted by atomic mass is 10.0. The molecule has 0 heterocycles. The number of likely N-dealkylation sites (N-methyl/N-ethyl adjacent to an activating group) is 1. The van der Waals surface area contributed by atoms with E-state index < -0.39 is 0 Å². The van der Waals surface area contributed by atoms with E-state index in [9.17, 15) is 4.79 Å². The Morgan fingerprint density at radius 3 is 2.65 bits per heavy atom. The van der Waals surface area contributed by atoms with Crippen molar-refractivity contribution in [2.75, 3.05) is 19.7 Å². The molecule has 1 unspecified atom stereocenters. The van der Waals surface area contributed by atoms with Crippen molar-refractivity contribution in [1.29, 1.82) is 0 Å². The number of amides is 1. The SMILES string of the molecule is CCCNC(CC)c1ccccc1OCC(=O)NCC. The van der Waals surface area contributed by atoms with Crippen LogP contribution in [0.1, 0.15) is 45.2 Å². The van der Waals surface area contributed by atoms with Crippen molar-refractivity contribution < 1.29 is 9.53 Å². The molecule has 4 nitrogen and oxygen atoms in total. The Hall–Kier alpha value is -1.55. The first-order valence-electron chi connectivity index (χ1n) is 7.44. The lowest BCUT2D eigenvalue weighted by Gasteiger charge is -2.20. The summed E-state index contributed by atoms with van der Waals surface area (Å²) in [6, 6.07) is 8.18. The normalized spacial score (nSPS) is 11.9. The fourth-order valence-corrected chi connectivity index (χ4v) is 2.08. The Bertz CT molecular complexity index is 407. The van der Waals surface area contributed by atoms with Gasteiger partial charge in [0, 0.05) is 18.2 Å². The van der Waals surface area contributed by atoms with E-state index in [2.05, 4.69) is 30.5 Å². The third-order valence-electron chi connectivity index (χ3n) is 3.08. The number of hydrogen-bond acceptors (Lipinski definition) is 3. The molecule has 0 saturated heterocycles. The second kappa shape index (κ2) is 9.37. The van der Waals surface area contributed by atoms with Gasteiger partial charge >= 0.3 is 0 Å². The molecule has 4 heteroatoms. The maximum Gasteiger partial charge on any atom is 0.257 e. The highest BCUT2D eigenvalue weighted by molar-refractivity contribution is 5.77. The number of para-hydroxylation sites is 1. The van der Waals surface area contributed by atoms with Gasteiger partial charge in [0.1, 0.15) is 5.75 Å². The molecule has 0 radical (unpaired) electrons. The number of carbonyl (C=O) groups excluding carboxylic acids is 1. The number of rotatable bonds is 9. The average molecular weight is 278 g/mol. The van der Waals surface area contributed by atoms with Crippen molar-refractivity contribution in [3.05, 3.63) is 29.8 Å². The van der Waals surface area contributed by atoms with Crippen molar-refractivity contribution in [2.24, 2.45) is 0 Å². The lowest BCUT2D eigenvalue weighted by molar-refractivity contribution is -0.123. The third-order valence-corrected chi connectivity index (χ3v) is 3.08. The number of carbonyl (C=O) groups is 1. The van der Waals surface area contributed by atoms with Gasteiger partial charge in [-0.25, -0.2) is 0 Å². The molecule has 20 heavy (non-hydrogen) atoms. The molecule has 2 N–H and O–H groups in total. The number of benzene rings is 1. The lowest BCUT2D eigenvalue weighted by Crippen LogP contribution is -2.29. The zero-order chi connectivity index (χ0) is 14.8. The highest BCUT2D eigenvalue weighted by atomic mass is 16.5. The second-order valence-corrected chi connectivity index (χ2v) is 4.69. The van der Waals surface area contributed by atoms with Crippen LogP contribution in [0.2, 0.25) is 0 Å². The largest absolute Gasteiger partial charge is 0.483 e. The highest BCUT2D eigenvalue weighted by Crippen LogP contribution is 2.27. The zero-order valence-corrected chi connectivity index (χ0v) is 12.7. The number of ether oxygens (including phenoxy) is 1. The van der Waals surface area contributed by atoms with Crippen LogP contribution in [0, 0.1) is 0 Å². The van der Waals surface area contributed by atoms with Gasteiger partial charge in [-0.1, -0.05) is 32.0 Å². The molecule has 1 rings (SSSR count). The molecule has 0 aliphatic heterocycles. The zero-order valence-electron chi connectivity index (χ0n) is 12.7. The minimum atomic E-state index is -0.0862. The highest BCUT2D eigenvalue weighted by Gasteiger charge is 2.14. The average Bonchev–Trinajstić information content (AvgIpc) is 2.47. The van der Waals surface area contributed by atoms with Crippen LogP contribution in [0.5, 0.6) is 5.75 Å². The molecule has 0 aliphatic rings. The van der Waals surface area contributed by atoms with Gasteiger partial charge in [-0.2, -0.15) is 0 Å². The van der Waals surface area contributed by atoms with E-state index in [0.29, 0.717) is 6.54 Å². The fourth-order valence-electron chi connectivity index (χ4n) is 2.08. The summed E-state index contributed by atoms with van der Waals surface area (Å²) in [5, 5.41) is 6.24. The molecule has 1 atom stereocenters. The smallest absolute Gasteiger partial charge is 0.257 e. The summed E-state index contributed by atoms with van der Waals surface area (Å²) in [5.41, 5.74) is 1.12. The molecule has 0 fully saturated rings. The number of hydrogen-bond donors (Lipinski definition) is 2. The van der Waals surface area contributed by atoms with E-state index in [0.717, 1.165) is 30.7 Å². The summed E-state index contributed by atoms with van der Waals surface area (Å²) in [7, 11) is 0. The van der Waals surface area contributed by atoms with E-state index in [1.54, 1.807) is 0 Å². The Morgan fingerprint density at radius 1 is 1.25 bits per heavy atom. The van der Waals surface area contributed by atoms with Crippen molar-refractivity contribution in [3.63, 3.8) is 0 Å². The first kappa shape index (κ1) is 16.5. The summed E-state index contributed by atoms with van der Waals surface area (Å²) < 4.78 is 5.66. The Balaban J connectivity index is 2.73. The Morgan fingerprint density at radius 2 is 2.00 bits per heavy atom. The molecule has 1 aromatic rings. The van der Waals surface area contributed by atoms with Crippen LogP contribution >= 0.6 is 0 Å². The molecule has 0 saturated carbocycles. The first-order valence-corrected chi connectivity index (χ1v) is 7.44. The second-order valence-electron chi connectivity index (χ2n) is 4.69. The standard InChI is InChI=1S/C16H26N2O2/c1-4-11-18-14(5-2)13-9-7-8-10-15(13)20-12-16(19)17-6-3/h7-10,14,18H,4-6,11-12H2,1-3H3,(H,17,19). The van der Waals surface area contributed by atoms with E-state index in [1.165, 1.54) is 0 Å². The Kier molecular flexibility index (Phi) is 7.73. The maximum atomic E-state index is 11.5. The first-order chi connectivity index (χ1) is 9.72. The van der Waals surface area contributed by atoms with Crippen molar-refractivity contribution in [2.45, 2.75) is 39.7 Å². The van der Waals surface area contributed by atoms with Crippen LogP contribution in [-0.4, -0.2) is 25.6 Å². The van der Waals surface area contributed by atoms with Gasteiger partial charge in [0.25, 0.3) is 5.91 Å². The van der Waals surface area contributed by atoms with Crippen LogP contribution < -0.4 is 15.4 Å². The van der Waals surface area contributed by atoms with E-state index in [-0.39, 0.29) is 18.6 Å². The van der Waals surface area contributed by atoms with Crippen LogP contribution in [-0.2, 0) is 4.79 Å². The molecular weight excluding hydrogens is 252 g/mol. The van der Waals surface area contributed by atoms with Crippen molar-refractivity contribution in [1.82, 2.24) is 10.6 Å². The van der Waals surface area contributed by atoms with Crippen LogP contribution in [0.25, 0.3) is 0 Å². The predicted octanol–water partition coefficient (Wildman–Crippen LogP) is 2.65. The van der Waals surface area contributed by atoms with Crippen LogP contribution in [0.3, 0.4) is 0 Å². The topological polar surface area (TPSA) is 50.4 Å². The molecule has 1 amide bonds. The monoisotopic (exact) mass is 278 g/mol. The van der Waals surface area contributed by atoms with Gasteiger partial charge in [0.05, 0.1) is 0 Å². The quantitative estimate of drug-likeness (QED) is 0.730. The summed E-state index contributed by atoms with van der Waals surface area (Å²) >= 11 is 0. The summed E-state index contributed by atoms with van der Waals surface area (Å²) in [4.78, 5) is 11.5. The van der Waals surface area contributed by atoms with Crippen molar-refractivity contribution >= 4 is 5.91 Å². The minimum absolute atomic E-state index is 0.0645. The number of nitrogens with one attached hydrogen (secondary N) is 2. The van der Waals surface area contributed by atoms with Gasteiger partial charge < -0.3 is 15.4 Å². The van der Waals surface area contributed by atoms with Gasteiger partial charge in [0.15, 0.2) is 6.61 Å². The van der Waals surface area contributed by atoms with E-state index in [1.807, 2.05) is 25.1 Å². The van der Waals surface area contributed by atoms with Crippen LogP contribution in [0.4, 0.5) is 0 Å². The van der Waals surface area contributed by atoms with Gasteiger partial charge in [-0.15, -0.1) is 0 Å².